The Balaban J connectivity index is 2.29. The minimum atomic E-state index is -4.54. The van der Waals surface area contributed by atoms with Crippen molar-refractivity contribution in [2.45, 2.75) is 6.18 Å². The third kappa shape index (κ3) is 5.43. The van der Waals surface area contributed by atoms with Gasteiger partial charge in [0.15, 0.2) is 0 Å². The number of aromatic nitrogens is 1. The van der Waals surface area contributed by atoms with Gasteiger partial charge in [-0.25, -0.2) is 0 Å². The molecule has 1 aromatic heterocycles. The molecule has 1 aromatic carbocycles. The molecule has 1 heterocycles. The van der Waals surface area contributed by atoms with Crippen LogP contribution in [0.5, 0.6) is 5.75 Å². The molecular formula is C16H14BrF3N2O3. The highest BCUT2D eigenvalue weighted by Gasteiger charge is 2.31. The number of rotatable bonds is 6. The number of carbonyl (C=O) groups excluding carboxylic acids is 1. The van der Waals surface area contributed by atoms with Crippen LogP contribution in [0.3, 0.4) is 0 Å². The third-order valence-corrected chi connectivity index (χ3v) is 3.50. The number of anilines is 1. The Morgan fingerprint density at radius 1 is 1.24 bits per heavy atom. The van der Waals surface area contributed by atoms with Gasteiger partial charge >= 0.3 is 6.18 Å². The first kappa shape index (κ1) is 19.2. The molecule has 0 saturated heterocycles. The minimum Gasteiger partial charge on any atom is -0.489 e. The first-order valence-electron chi connectivity index (χ1n) is 7.06. The van der Waals surface area contributed by atoms with Crippen molar-refractivity contribution in [3.63, 3.8) is 0 Å². The largest absolute Gasteiger partial charge is 0.489 e. The van der Waals surface area contributed by atoms with E-state index in [1.165, 1.54) is 25.6 Å². The summed E-state index contributed by atoms with van der Waals surface area (Å²) < 4.78 is 49.6. The highest BCUT2D eigenvalue weighted by molar-refractivity contribution is 9.10. The zero-order valence-corrected chi connectivity index (χ0v) is 14.6. The number of methoxy groups -OCH3 is 1. The number of alkyl halides is 3. The number of benzene rings is 1. The van der Waals surface area contributed by atoms with E-state index in [1.807, 2.05) is 0 Å². The molecule has 9 heteroatoms. The van der Waals surface area contributed by atoms with E-state index in [2.05, 4.69) is 26.2 Å². The Morgan fingerprint density at radius 3 is 2.64 bits per heavy atom. The van der Waals surface area contributed by atoms with Crippen LogP contribution >= 0.6 is 15.9 Å². The molecule has 2 rings (SSSR count). The standard InChI is InChI=1S/C16H14BrF3N2O3/c1-24-4-5-25-14-3-2-11(16(18,19)20)7-13(14)22-15(23)10-6-12(17)9-21-8-10/h2-3,6-9H,4-5H2,1H3,(H,22,23). The Bertz CT molecular complexity index is 754. The normalized spacial score (nSPS) is 11.2. The maximum Gasteiger partial charge on any atom is 0.416 e. The number of ether oxygens (including phenoxy) is 2. The summed E-state index contributed by atoms with van der Waals surface area (Å²) in [6.45, 7) is 0.382. The van der Waals surface area contributed by atoms with Crippen LogP contribution in [0, 0.1) is 0 Å². The Kier molecular flexibility index (Phi) is 6.38. The van der Waals surface area contributed by atoms with Crippen molar-refractivity contribution in [1.29, 1.82) is 0 Å². The SMILES string of the molecule is COCCOc1ccc(C(F)(F)F)cc1NC(=O)c1cncc(Br)c1. The molecule has 0 aliphatic carbocycles. The molecule has 2 aromatic rings. The number of amides is 1. The molecule has 1 N–H and O–H groups in total. The molecule has 25 heavy (non-hydrogen) atoms. The van der Waals surface area contributed by atoms with Gasteiger partial charge in [-0.2, -0.15) is 13.2 Å². The summed E-state index contributed by atoms with van der Waals surface area (Å²) >= 11 is 3.18. The molecule has 0 radical (unpaired) electrons. The number of nitrogens with zero attached hydrogens (tertiary/aromatic N) is 1. The second kappa shape index (κ2) is 8.30. The summed E-state index contributed by atoms with van der Waals surface area (Å²) in [5.74, 6) is -0.494. The van der Waals surface area contributed by atoms with E-state index in [1.54, 1.807) is 0 Å². The average Bonchev–Trinajstić information content (AvgIpc) is 2.55. The molecule has 1 amide bonds. The molecule has 0 bridgehead atoms. The smallest absolute Gasteiger partial charge is 0.416 e. The lowest BCUT2D eigenvalue weighted by Gasteiger charge is -2.15. The van der Waals surface area contributed by atoms with Gasteiger partial charge in [-0.05, 0) is 40.2 Å². The zero-order valence-electron chi connectivity index (χ0n) is 13.1. The predicted octanol–water partition coefficient (Wildman–Crippen LogP) is 4.14. The van der Waals surface area contributed by atoms with Gasteiger partial charge in [0.25, 0.3) is 5.91 Å². The highest BCUT2D eigenvalue weighted by atomic mass is 79.9. The van der Waals surface area contributed by atoms with Gasteiger partial charge in [0.2, 0.25) is 0 Å². The summed E-state index contributed by atoms with van der Waals surface area (Å²) in [4.78, 5) is 16.1. The van der Waals surface area contributed by atoms with Gasteiger partial charge in [0.05, 0.1) is 23.4 Å². The van der Waals surface area contributed by atoms with E-state index in [0.29, 0.717) is 4.47 Å². The second-order valence-corrected chi connectivity index (χ2v) is 5.81. The van der Waals surface area contributed by atoms with E-state index >= 15 is 0 Å². The predicted molar refractivity (Wildman–Crippen MR) is 88.7 cm³/mol. The molecule has 5 nitrogen and oxygen atoms in total. The maximum atomic E-state index is 12.9. The summed E-state index contributed by atoms with van der Waals surface area (Å²) in [6, 6.07) is 4.37. The van der Waals surface area contributed by atoms with Crippen LogP contribution in [0.1, 0.15) is 15.9 Å². The molecule has 0 unspecified atom stereocenters. The number of pyridine rings is 1. The first-order valence-corrected chi connectivity index (χ1v) is 7.85. The molecule has 0 aliphatic heterocycles. The molecule has 0 saturated carbocycles. The van der Waals surface area contributed by atoms with Crippen molar-refractivity contribution in [3.05, 3.63) is 52.3 Å². The lowest BCUT2D eigenvalue weighted by molar-refractivity contribution is -0.137. The summed E-state index contributed by atoms with van der Waals surface area (Å²) in [5.41, 5.74) is -0.792. The van der Waals surface area contributed by atoms with Gasteiger partial charge in [0.1, 0.15) is 12.4 Å². The molecule has 0 aliphatic rings. The van der Waals surface area contributed by atoms with Gasteiger partial charge < -0.3 is 14.8 Å². The number of hydrogen-bond acceptors (Lipinski definition) is 4. The van der Waals surface area contributed by atoms with Crippen LogP contribution in [0.2, 0.25) is 0 Å². The van der Waals surface area contributed by atoms with Crippen molar-refractivity contribution in [1.82, 2.24) is 4.98 Å². The lowest BCUT2D eigenvalue weighted by Crippen LogP contribution is -2.15. The summed E-state index contributed by atoms with van der Waals surface area (Å²) in [5, 5.41) is 2.43. The van der Waals surface area contributed by atoms with Gasteiger partial charge in [-0.3, -0.25) is 9.78 Å². The van der Waals surface area contributed by atoms with Gasteiger partial charge in [0, 0.05) is 24.0 Å². The number of nitrogens with one attached hydrogen (secondary N) is 1. The van der Waals surface area contributed by atoms with Crippen LogP contribution < -0.4 is 10.1 Å². The van der Waals surface area contributed by atoms with Crippen molar-refractivity contribution < 1.29 is 27.4 Å². The summed E-state index contributed by atoms with van der Waals surface area (Å²) in [6.07, 6.45) is -1.75. The van der Waals surface area contributed by atoms with E-state index in [-0.39, 0.29) is 30.2 Å². The van der Waals surface area contributed by atoms with E-state index in [0.717, 1.165) is 18.2 Å². The van der Waals surface area contributed by atoms with Crippen LogP contribution in [0.15, 0.2) is 41.1 Å². The van der Waals surface area contributed by atoms with Crippen molar-refractivity contribution in [2.24, 2.45) is 0 Å². The molecule has 0 atom stereocenters. The fourth-order valence-corrected chi connectivity index (χ4v) is 2.26. The van der Waals surface area contributed by atoms with Crippen LogP contribution in [-0.4, -0.2) is 31.2 Å². The monoisotopic (exact) mass is 418 g/mol. The van der Waals surface area contributed by atoms with E-state index in [4.69, 9.17) is 9.47 Å². The van der Waals surface area contributed by atoms with Crippen LogP contribution in [0.4, 0.5) is 18.9 Å². The Hall–Kier alpha value is -2.13. The molecule has 0 spiro atoms. The zero-order chi connectivity index (χ0) is 18.4. The van der Waals surface area contributed by atoms with Crippen molar-refractivity contribution in [2.75, 3.05) is 25.6 Å². The number of carbonyl (C=O) groups is 1. The van der Waals surface area contributed by atoms with E-state index in [9.17, 15) is 18.0 Å². The second-order valence-electron chi connectivity index (χ2n) is 4.90. The number of hydrogen-bond donors (Lipinski definition) is 1. The molecular weight excluding hydrogens is 405 g/mol. The highest BCUT2D eigenvalue weighted by Crippen LogP contribution is 2.35. The van der Waals surface area contributed by atoms with Crippen molar-refractivity contribution in [3.8, 4) is 5.75 Å². The fraction of sp³-hybridized carbons (Fsp3) is 0.250. The Morgan fingerprint density at radius 2 is 2.00 bits per heavy atom. The Labute approximate surface area is 150 Å². The van der Waals surface area contributed by atoms with Crippen molar-refractivity contribution >= 4 is 27.5 Å². The van der Waals surface area contributed by atoms with Crippen LogP contribution in [-0.2, 0) is 10.9 Å². The average molecular weight is 419 g/mol. The number of halogens is 4. The van der Waals surface area contributed by atoms with E-state index < -0.39 is 17.6 Å². The third-order valence-electron chi connectivity index (χ3n) is 3.07. The summed E-state index contributed by atoms with van der Waals surface area (Å²) in [7, 11) is 1.47. The van der Waals surface area contributed by atoms with Crippen LogP contribution in [0.25, 0.3) is 0 Å². The minimum absolute atomic E-state index is 0.0871. The lowest BCUT2D eigenvalue weighted by atomic mass is 10.1. The molecule has 134 valence electrons. The molecule has 0 fully saturated rings. The van der Waals surface area contributed by atoms with Gasteiger partial charge in [-0.1, -0.05) is 0 Å². The quantitative estimate of drug-likeness (QED) is 0.716. The first-order chi connectivity index (χ1) is 11.8. The maximum absolute atomic E-state index is 12.9. The van der Waals surface area contributed by atoms with Gasteiger partial charge in [-0.15, -0.1) is 0 Å². The topological polar surface area (TPSA) is 60.5 Å². The fourth-order valence-electron chi connectivity index (χ4n) is 1.90.